The Morgan fingerprint density at radius 1 is 1.47 bits per heavy atom. The van der Waals surface area contributed by atoms with E-state index in [2.05, 4.69) is 18.8 Å². The average molecular weight is 279 g/mol. The van der Waals surface area contributed by atoms with E-state index in [9.17, 15) is 8.42 Å². The quantitative estimate of drug-likeness (QED) is 0.752. The number of halogens is 1. The summed E-state index contributed by atoms with van der Waals surface area (Å²) in [5.74, 6) is 1.37. The molecule has 0 aliphatic heterocycles. The summed E-state index contributed by atoms with van der Waals surface area (Å²) < 4.78 is 24.4. The minimum Gasteiger partial charge on any atom is -0.333 e. The molecule has 0 bridgehead atoms. The summed E-state index contributed by atoms with van der Waals surface area (Å²) >= 11 is 0. The first-order chi connectivity index (χ1) is 7.84. The molecule has 0 aliphatic rings. The van der Waals surface area contributed by atoms with Crippen molar-refractivity contribution in [2.24, 2.45) is 5.92 Å². The zero-order valence-corrected chi connectivity index (χ0v) is 12.1. The van der Waals surface area contributed by atoms with E-state index in [0.29, 0.717) is 5.92 Å². The summed E-state index contributed by atoms with van der Waals surface area (Å²) in [4.78, 5) is 4.09. The van der Waals surface area contributed by atoms with Crippen molar-refractivity contribution in [3.8, 4) is 0 Å². The number of nitrogens with zero attached hydrogens (tertiary/aromatic N) is 2. The predicted octanol–water partition coefficient (Wildman–Crippen LogP) is 2.81. The maximum Gasteiger partial charge on any atom is 0.280 e. The van der Waals surface area contributed by atoms with Gasteiger partial charge in [-0.15, -0.1) is 0 Å². The fourth-order valence-electron chi connectivity index (χ4n) is 1.56. The minimum atomic E-state index is -3.72. The second-order valence-corrected chi connectivity index (χ2v) is 7.07. The third-order valence-corrected chi connectivity index (χ3v) is 3.68. The highest BCUT2D eigenvalue weighted by Gasteiger charge is 2.17. The maximum atomic E-state index is 11.2. The van der Waals surface area contributed by atoms with Gasteiger partial charge < -0.3 is 4.57 Å². The van der Waals surface area contributed by atoms with Crippen molar-refractivity contribution in [3.05, 3.63) is 12.0 Å². The van der Waals surface area contributed by atoms with E-state index in [1.807, 2.05) is 11.5 Å². The highest BCUT2D eigenvalue weighted by Crippen LogP contribution is 2.16. The molecular formula is C11H19ClN2O2S. The van der Waals surface area contributed by atoms with Crippen molar-refractivity contribution in [3.63, 3.8) is 0 Å². The van der Waals surface area contributed by atoms with Gasteiger partial charge >= 0.3 is 0 Å². The zero-order valence-electron chi connectivity index (χ0n) is 10.5. The molecule has 1 rings (SSSR count). The predicted molar refractivity (Wildman–Crippen MR) is 68.7 cm³/mol. The number of rotatable bonds is 6. The summed E-state index contributed by atoms with van der Waals surface area (Å²) in [6, 6.07) is 0. The first kappa shape index (κ1) is 14.5. The van der Waals surface area contributed by atoms with Crippen LogP contribution in [-0.4, -0.2) is 18.0 Å². The molecule has 0 aliphatic carbocycles. The summed E-state index contributed by atoms with van der Waals surface area (Å²) in [5.41, 5.74) is 0. The molecule has 1 aromatic heterocycles. The molecular weight excluding hydrogens is 260 g/mol. The number of hydrogen-bond donors (Lipinski definition) is 0. The zero-order chi connectivity index (χ0) is 13.1. The number of aromatic nitrogens is 2. The van der Waals surface area contributed by atoms with Crippen molar-refractivity contribution < 1.29 is 8.42 Å². The van der Waals surface area contributed by atoms with Crippen molar-refractivity contribution in [2.75, 3.05) is 0 Å². The monoisotopic (exact) mass is 278 g/mol. The molecule has 0 radical (unpaired) electrons. The average Bonchev–Trinajstić information content (AvgIpc) is 2.58. The SMILES string of the molecule is CCCc1nc(S(=O)(=O)Cl)cn1CCC(C)C. The minimum absolute atomic E-state index is 0.0358. The molecule has 6 heteroatoms. The second-order valence-electron chi connectivity index (χ2n) is 4.56. The fourth-order valence-corrected chi connectivity index (χ4v) is 2.25. The lowest BCUT2D eigenvalue weighted by Gasteiger charge is -2.08. The molecule has 0 aromatic carbocycles. The second kappa shape index (κ2) is 5.87. The Bertz CT molecular complexity index is 466. The normalized spacial score (nSPS) is 12.3. The van der Waals surface area contributed by atoms with Crippen LogP contribution in [0.5, 0.6) is 0 Å². The molecule has 0 unspecified atom stereocenters. The van der Waals surface area contributed by atoms with Crippen LogP contribution in [0.3, 0.4) is 0 Å². The Morgan fingerprint density at radius 2 is 2.12 bits per heavy atom. The molecule has 1 heterocycles. The van der Waals surface area contributed by atoms with Gasteiger partial charge in [-0.2, -0.15) is 0 Å². The van der Waals surface area contributed by atoms with Gasteiger partial charge in [-0.25, -0.2) is 13.4 Å². The Hall–Kier alpha value is -0.550. The lowest BCUT2D eigenvalue weighted by Crippen LogP contribution is -2.05. The molecule has 0 saturated heterocycles. The maximum absolute atomic E-state index is 11.2. The van der Waals surface area contributed by atoms with Crippen LogP contribution in [-0.2, 0) is 22.0 Å². The Balaban J connectivity index is 2.97. The molecule has 0 atom stereocenters. The molecule has 4 nitrogen and oxygen atoms in total. The molecule has 0 saturated carbocycles. The van der Waals surface area contributed by atoms with Crippen molar-refractivity contribution in [1.82, 2.24) is 9.55 Å². The fraction of sp³-hybridized carbons (Fsp3) is 0.727. The third kappa shape index (κ3) is 4.32. The van der Waals surface area contributed by atoms with E-state index in [0.717, 1.165) is 31.6 Å². The van der Waals surface area contributed by atoms with Gasteiger partial charge in [0, 0.05) is 29.8 Å². The van der Waals surface area contributed by atoms with Crippen LogP contribution in [0, 0.1) is 5.92 Å². The molecule has 17 heavy (non-hydrogen) atoms. The van der Waals surface area contributed by atoms with Crippen molar-refractivity contribution in [2.45, 2.75) is 51.6 Å². The van der Waals surface area contributed by atoms with E-state index in [4.69, 9.17) is 10.7 Å². The summed E-state index contributed by atoms with van der Waals surface area (Å²) in [6.07, 6.45) is 4.23. The van der Waals surface area contributed by atoms with E-state index < -0.39 is 9.05 Å². The van der Waals surface area contributed by atoms with Gasteiger partial charge in [-0.05, 0) is 18.8 Å². The van der Waals surface area contributed by atoms with Gasteiger partial charge in [0.1, 0.15) is 5.82 Å². The molecule has 98 valence electrons. The number of imidazole rings is 1. The topological polar surface area (TPSA) is 52.0 Å². The Morgan fingerprint density at radius 3 is 2.59 bits per heavy atom. The summed E-state index contributed by atoms with van der Waals surface area (Å²) in [6.45, 7) is 7.09. The van der Waals surface area contributed by atoms with Gasteiger partial charge in [-0.3, -0.25) is 0 Å². The van der Waals surface area contributed by atoms with Gasteiger partial charge in [0.05, 0.1) is 0 Å². The number of aryl methyl sites for hydroxylation is 2. The molecule has 1 aromatic rings. The summed E-state index contributed by atoms with van der Waals surface area (Å²) in [5, 5.41) is -0.0358. The molecule has 0 spiro atoms. The molecule has 0 amide bonds. The smallest absolute Gasteiger partial charge is 0.280 e. The van der Waals surface area contributed by atoms with Crippen LogP contribution in [0.2, 0.25) is 0 Å². The van der Waals surface area contributed by atoms with Gasteiger partial charge in [-0.1, -0.05) is 20.8 Å². The van der Waals surface area contributed by atoms with Crippen molar-refractivity contribution in [1.29, 1.82) is 0 Å². The lowest BCUT2D eigenvalue weighted by molar-refractivity contribution is 0.503. The highest BCUT2D eigenvalue weighted by atomic mass is 35.7. The van der Waals surface area contributed by atoms with Crippen molar-refractivity contribution >= 4 is 19.7 Å². The van der Waals surface area contributed by atoms with E-state index in [1.54, 1.807) is 0 Å². The van der Waals surface area contributed by atoms with Gasteiger partial charge in [0.2, 0.25) is 0 Å². The van der Waals surface area contributed by atoms with E-state index >= 15 is 0 Å². The first-order valence-corrected chi connectivity index (χ1v) is 8.16. The first-order valence-electron chi connectivity index (χ1n) is 5.85. The molecule has 0 N–H and O–H groups in total. The van der Waals surface area contributed by atoms with Crippen LogP contribution in [0.1, 0.15) is 39.4 Å². The van der Waals surface area contributed by atoms with Crippen LogP contribution in [0.25, 0.3) is 0 Å². The van der Waals surface area contributed by atoms with Crippen LogP contribution in [0.15, 0.2) is 11.2 Å². The number of hydrogen-bond acceptors (Lipinski definition) is 3. The summed E-state index contributed by atoms with van der Waals surface area (Å²) in [7, 11) is 1.58. The van der Waals surface area contributed by atoms with Crippen LogP contribution >= 0.6 is 10.7 Å². The van der Waals surface area contributed by atoms with E-state index in [-0.39, 0.29) is 5.03 Å². The highest BCUT2D eigenvalue weighted by molar-refractivity contribution is 8.13. The lowest BCUT2D eigenvalue weighted by atomic mass is 10.1. The Kier molecular flexibility index (Phi) is 5.01. The van der Waals surface area contributed by atoms with Gasteiger partial charge in [0.25, 0.3) is 9.05 Å². The van der Waals surface area contributed by atoms with E-state index in [1.165, 1.54) is 6.20 Å². The third-order valence-electron chi connectivity index (χ3n) is 2.51. The Labute approximate surface area is 107 Å². The van der Waals surface area contributed by atoms with Gasteiger partial charge in [0.15, 0.2) is 5.03 Å². The van der Waals surface area contributed by atoms with Crippen LogP contribution < -0.4 is 0 Å². The van der Waals surface area contributed by atoms with Crippen LogP contribution in [0.4, 0.5) is 0 Å². The molecule has 0 fully saturated rings. The standard InChI is InChI=1S/C11H19ClN2O2S/c1-4-5-10-13-11(17(12,15)16)8-14(10)7-6-9(2)3/h8-9H,4-7H2,1-3H3. The largest absolute Gasteiger partial charge is 0.333 e.